The van der Waals surface area contributed by atoms with Crippen molar-refractivity contribution >= 4 is 16.9 Å². The van der Waals surface area contributed by atoms with Gasteiger partial charge in [-0.15, -0.1) is 0 Å². The van der Waals surface area contributed by atoms with Crippen LogP contribution in [0, 0.1) is 0 Å². The molecule has 6 heteroatoms. The third kappa shape index (κ3) is 4.81. The Morgan fingerprint density at radius 2 is 1.86 bits per heavy atom. The summed E-state index contributed by atoms with van der Waals surface area (Å²) in [7, 11) is 0. The van der Waals surface area contributed by atoms with E-state index in [-0.39, 0.29) is 11.6 Å². The first-order chi connectivity index (χ1) is 14.1. The Morgan fingerprint density at radius 1 is 1.10 bits per heavy atom. The minimum absolute atomic E-state index is 0.0146. The van der Waals surface area contributed by atoms with E-state index in [0.29, 0.717) is 25.7 Å². The van der Waals surface area contributed by atoms with Gasteiger partial charge in [0.05, 0.1) is 0 Å². The smallest absolute Gasteiger partial charge is 0.317 e. The molecule has 2 amide bonds. The van der Waals surface area contributed by atoms with Gasteiger partial charge in [0.15, 0.2) is 0 Å². The second-order valence-electron chi connectivity index (χ2n) is 8.45. The molecule has 0 radical (unpaired) electrons. The summed E-state index contributed by atoms with van der Waals surface area (Å²) in [4.78, 5) is 32.2. The standard InChI is InChI=1S/C23H32N4O2/c1-2-17-8-9-21-18(14-17)15-19(22(28)25-21)16-26-10-12-27(13-11-26)23(29)24-20-6-4-3-5-7-20/h8-9,14-15,20H,2-7,10-13,16H2,1H3,(H,24,29)(H,25,28). The number of pyridine rings is 1. The summed E-state index contributed by atoms with van der Waals surface area (Å²) in [6.07, 6.45) is 6.93. The molecule has 2 aromatic rings. The SMILES string of the molecule is CCc1ccc2[nH]c(=O)c(CN3CCN(C(=O)NC4CCCCC4)CC3)cc2c1. The van der Waals surface area contributed by atoms with Crippen LogP contribution in [0.5, 0.6) is 0 Å². The van der Waals surface area contributed by atoms with Crippen LogP contribution >= 0.6 is 0 Å². The molecule has 1 aliphatic heterocycles. The fraction of sp³-hybridized carbons (Fsp3) is 0.565. The number of aromatic nitrogens is 1. The zero-order chi connectivity index (χ0) is 20.2. The largest absolute Gasteiger partial charge is 0.335 e. The fourth-order valence-electron chi connectivity index (χ4n) is 4.50. The van der Waals surface area contributed by atoms with Crippen molar-refractivity contribution in [2.24, 2.45) is 0 Å². The van der Waals surface area contributed by atoms with Gasteiger partial charge in [-0.2, -0.15) is 0 Å². The van der Waals surface area contributed by atoms with Gasteiger partial charge < -0.3 is 15.2 Å². The quantitative estimate of drug-likeness (QED) is 0.834. The molecule has 2 fully saturated rings. The number of hydrogen-bond donors (Lipinski definition) is 2. The molecule has 1 aromatic carbocycles. The third-order valence-corrected chi connectivity index (χ3v) is 6.38. The number of aromatic amines is 1. The third-order valence-electron chi connectivity index (χ3n) is 6.38. The van der Waals surface area contributed by atoms with E-state index in [2.05, 4.69) is 34.3 Å². The molecular weight excluding hydrogens is 364 g/mol. The molecular formula is C23H32N4O2. The molecule has 156 valence electrons. The van der Waals surface area contributed by atoms with Crippen LogP contribution in [0.25, 0.3) is 10.9 Å². The van der Waals surface area contributed by atoms with E-state index in [4.69, 9.17) is 0 Å². The number of benzene rings is 1. The number of hydrogen-bond acceptors (Lipinski definition) is 3. The number of rotatable bonds is 4. The topological polar surface area (TPSA) is 68.4 Å². The molecule has 2 aliphatic rings. The number of piperazine rings is 1. The number of urea groups is 1. The molecule has 2 heterocycles. The highest BCUT2D eigenvalue weighted by atomic mass is 16.2. The van der Waals surface area contributed by atoms with Crippen molar-refractivity contribution in [3.05, 3.63) is 45.7 Å². The number of carbonyl (C=O) groups excluding carboxylic acids is 1. The lowest BCUT2D eigenvalue weighted by Gasteiger charge is -2.36. The lowest BCUT2D eigenvalue weighted by molar-refractivity contribution is 0.131. The van der Waals surface area contributed by atoms with Crippen LogP contribution in [0.2, 0.25) is 0 Å². The predicted octanol–water partition coefficient (Wildman–Crippen LogP) is 3.25. The van der Waals surface area contributed by atoms with E-state index in [1.54, 1.807) is 0 Å². The number of nitrogens with zero attached hydrogens (tertiary/aromatic N) is 2. The molecule has 1 saturated heterocycles. The summed E-state index contributed by atoms with van der Waals surface area (Å²) in [5.41, 5.74) is 2.94. The van der Waals surface area contributed by atoms with E-state index < -0.39 is 0 Å². The van der Waals surface area contributed by atoms with Gasteiger partial charge in [0, 0.05) is 49.8 Å². The second kappa shape index (κ2) is 8.99. The molecule has 0 spiro atoms. The average molecular weight is 397 g/mol. The number of fused-ring (bicyclic) bond motifs is 1. The molecule has 1 aliphatic carbocycles. The lowest BCUT2D eigenvalue weighted by Crippen LogP contribution is -2.53. The van der Waals surface area contributed by atoms with Gasteiger partial charge in [-0.1, -0.05) is 32.3 Å². The molecule has 29 heavy (non-hydrogen) atoms. The summed E-state index contributed by atoms with van der Waals surface area (Å²) in [5.74, 6) is 0. The Morgan fingerprint density at radius 3 is 2.59 bits per heavy atom. The first kappa shape index (κ1) is 20.0. The Bertz CT molecular complexity index is 909. The van der Waals surface area contributed by atoms with Gasteiger partial charge in [-0.05, 0) is 48.4 Å². The maximum Gasteiger partial charge on any atom is 0.317 e. The van der Waals surface area contributed by atoms with Gasteiger partial charge in [0.1, 0.15) is 0 Å². The number of carbonyl (C=O) groups is 1. The molecule has 0 unspecified atom stereocenters. The monoisotopic (exact) mass is 396 g/mol. The summed E-state index contributed by atoms with van der Waals surface area (Å²) in [6, 6.07) is 8.65. The molecule has 6 nitrogen and oxygen atoms in total. The van der Waals surface area contributed by atoms with E-state index >= 15 is 0 Å². The Balaban J connectivity index is 1.35. The van der Waals surface area contributed by atoms with Crippen LogP contribution in [0.15, 0.2) is 29.1 Å². The zero-order valence-corrected chi connectivity index (χ0v) is 17.4. The van der Waals surface area contributed by atoms with Crippen molar-refractivity contribution in [1.29, 1.82) is 0 Å². The number of H-pyrrole nitrogens is 1. The molecule has 0 atom stereocenters. The summed E-state index contributed by atoms with van der Waals surface area (Å²) in [6.45, 7) is 5.78. The summed E-state index contributed by atoms with van der Waals surface area (Å²) >= 11 is 0. The van der Waals surface area contributed by atoms with Crippen molar-refractivity contribution in [2.75, 3.05) is 26.2 Å². The van der Waals surface area contributed by atoms with Crippen molar-refractivity contribution < 1.29 is 4.79 Å². The van der Waals surface area contributed by atoms with Gasteiger partial charge in [-0.3, -0.25) is 9.69 Å². The van der Waals surface area contributed by atoms with Gasteiger partial charge >= 0.3 is 6.03 Å². The van der Waals surface area contributed by atoms with Crippen LogP contribution in [0.4, 0.5) is 4.79 Å². The second-order valence-corrected chi connectivity index (χ2v) is 8.45. The van der Waals surface area contributed by atoms with E-state index in [1.165, 1.54) is 24.8 Å². The van der Waals surface area contributed by atoms with E-state index in [0.717, 1.165) is 48.8 Å². The van der Waals surface area contributed by atoms with Crippen molar-refractivity contribution in [3.63, 3.8) is 0 Å². The Kier molecular flexibility index (Phi) is 6.19. The average Bonchev–Trinajstić information content (AvgIpc) is 2.75. The van der Waals surface area contributed by atoms with Gasteiger partial charge in [0.2, 0.25) is 0 Å². The van der Waals surface area contributed by atoms with Crippen LogP contribution in [-0.4, -0.2) is 53.0 Å². The molecule has 2 N–H and O–H groups in total. The predicted molar refractivity (Wildman–Crippen MR) is 116 cm³/mol. The summed E-state index contributed by atoms with van der Waals surface area (Å²) in [5, 5.41) is 4.29. The van der Waals surface area contributed by atoms with Crippen LogP contribution in [0.3, 0.4) is 0 Å². The van der Waals surface area contributed by atoms with E-state index in [1.807, 2.05) is 17.0 Å². The van der Waals surface area contributed by atoms with Crippen molar-refractivity contribution in [2.45, 2.75) is 58.0 Å². The molecule has 1 aromatic heterocycles. The van der Waals surface area contributed by atoms with Gasteiger partial charge in [-0.25, -0.2) is 4.79 Å². The first-order valence-electron chi connectivity index (χ1n) is 11.0. The highest BCUT2D eigenvalue weighted by Crippen LogP contribution is 2.18. The first-order valence-corrected chi connectivity index (χ1v) is 11.0. The molecule has 1 saturated carbocycles. The fourth-order valence-corrected chi connectivity index (χ4v) is 4.50. The minimum Gasteiger partial charge on any atom is -0.335 e. The van der Waals surface area contributed by atoms with Crippen LogP contribution in [0.1, 0.15) is 50.2 Å². The highest BCUT2D eigenvalue weighted by molar-refractivity contribution is 5.79. The Hall–Kier alpha value is -2.34. The van der Waals surface area contributed by atoms with Gasteiger partial charge in [0.25, 0.3) is 5.56 Å². The van der Waals surface area contributed by atoms with Crippen molar-refractivity contribution in [3.8, 4) is 0 Å². The van der Waals surface area contributed by atoms with Crippen LogP contribution < -0.4 is 10.9 Å². The van der Waals surface area contributed by atoms with Crippen molar-refractivity contribution in [1.82, 2.24) is 20.1 Å². The lowest BCUT2D eigenvalue weighted by atomic mass is 9.96. The normalized spacial score (nSPS) is 18.9. The number of aryl methyl sites for hydroxylation is 1. The minimum atomic E-state index is -0.0146. The highest BCUT2D eigenvalue weighted by Gasteiger charge is 2.24. The summed E-state index contributed by atoms with van der Waals surface area (Å²) < 4.78 is 0. The number of nitrogens with one attached hydrogen (secondary N) is 2. The molecule has 0 bridgehead atoms. The Labute approximate surface area is 172 Å². The van der Waals surface area contributed by atoms with Crippen LogP contribution in [-0.2, 0) is 13.0 Å². The maximum absolute atomic E-state index is 12.5. The molecule has 4 rings (SSSR count). The maximum atomic E-state index is 12.5. The zero-order valence-electron chi connectivity index (χ0n) is 17.4. The number of amides is 2. The van der Waals surface area contributed by atoms with E-state index in [9.17, 15) is 9.59 Å².